The van der Waals surface area contributed by atoms with Crippen LogP contribution in [0.2, 0.25) is 0 Å². The second-order valence-corrected chi connectivity index (χ2v) is 8.61. The Morgan fingerprint density at radius 2 is 2.04 bits per heavy atom. The first-order valence-corrected chi connectivity index (χ1v) is 9.32. The van der Waals surface area contributed by atoms with Gasteiger partial charge < -0.3 is 5.11 Å². The lowest BCUT2D eigenvalue weighted by atomic mass is 9.49. The number of carboxylic acid groups (broad SMARTS) is 1. The summed E-state index contributed by atoms with van der Waals surface area (Å²) in [6, 6.07) is 7.08. The summed E-state index contributed by atoms with van der Waals surface area (Å²) < 4.78 is 0. The van der Waals surface area contributed by atoms with E-state index < -0.39 is 5.97 Å². The van der Waals surface area contributed by atoms with E-state index in [0.717, 1.165) is 19.3 Å². The smallest absolute Gasteiger partial charge is 0.327 e. The quantitative estimate of drug-likeness (QED) is 0.749. The molecule has 2 aliphatic carbocycles. The molecule has 2 heteroatoms. The molecule has 0 radical (unpaired) electrons. The summed E-state index contributed by atoms with van der Waals surface area (Å²) in [4.78, 5) is 11.0. The Bertz CT molecular complexity index is 673. The summed E-state index contributed by atoms with van der Waals surface area (Å²) in [6.07, 6.45) is 9.09. The zero-order chi connectivity index (χ0) is 17.5. The van der Waals surface area contributed by atoms with Crippen LogP contribution in [0.4, 0.5) is 0 Å². The van der Waals surface area contributed by atoms with Crippen molar-refractivity contribution in [1.29, 1.82) is 0 Å². The van der Waals surface area contributed by atoms with Gasteiger partial charge in [0, 0.05) is 6.08 Å². The van der Waals surface area contributed by atoms with E-state index in [2.05, 4.69) is 45.9 Å². The second-order valence-electron chi connectivity index (χ2n) is 8.61. The minimum absolute atomic E-state index is 0.0141. The normalized spacial score (nSPS) is 32.6. The van der Waals surface area contributed by atoms with Gasteiger partial charge in [0.05, 0.1) is 0 Å². The van der Waals surface area contributed by atoms with Crippen LogP contribution < -0.4 is 0 Å². The van der Waals surface area contributed by atoms with E-state index in [1.807, 2.05) is 6.08 Å². The fourth-order valence-electron chi connectivity index (χ4n) is 5.38. The third kappa shape index (κ3) is 2.81. The molecule has 2 aliphatic rings. The average Bonchev–Trinajstić information content (AvgIpc) is 2.52. The highest BCUT2D eigenvalue weighted by molar-refractivity contribution is 5.79. The number of carboxylic acids is 1. The molecule has 1 unspecified atom stereocenters. The molecule has 1 aromatic carbocycles. The number of hydrogen-bond donors (Lipinski definition) is 1. The molecule has 0 heterocycles. The largest absolute Gasteiger partial charge is 0.478 e. The Balaban J connectivity index is 2.02. The molecule has 1 N–H and O–H groups in total. The summed E-state index contributed by atoms with van der Waals surface area (Å²) in [5, 5.41) is 9.07. The summed E-state index contributed by atoms with van der Waals surface area (Å²) in [7, 11) is 0. The maximum atomic E-state index is 11.0. The Morgan fingerprint density at radius 3 is 2.71 bits per heavy atom. The van der Waals surface area contributed by atoms with Crippen LogP contribution in [-0.2, 0) is 16.6 Å². The molecule has 1 fully saturated rings. The number of allylic oxidation sites excluding steroid dienone is 1. The van der Waals surface area contributed by atoms with Gasteiger partial charge in [-0.2, -0.15) is 0 Å². The van der Waals surface area contributed by atoms with Crippen LogP contribution in [0.1, 0.15) is 76.0 Å². The highest BCUT2D eigenvalue weighted by Crippen LogP contribution is 2.57. The van der Waals surface area contributed by atoms with E-state index in [1.165, 1.54) is 35.6 Å². The van der Waals surface area contributed by atoms with E-state index in [0.29, 0.717) is 11.8 Å². The molecule has 0 bridgehead atoms. The lowest BCUT2D eigenvalue weighted by Gasteiger charge is -2.54. The van der Waals surface area contributed by atoms with Gasteiger partial charge in [0.1, 0.15) is 0 Å². The molecule has 0 saturated heterocycles. The molecule has 24 heavy (non-hydrogen) atoms. The lowest BCUT2D eigenvalue weighted by molar-refractivity contribution is -0.131. The van der Waals surface area contributed by atoms with E-state index in [1.54, 1.807) is 0 Å². The van der Waals surface area contributed by atoms with Crippen molar-refractivity contribution < 1.29 is 9.90 Å². The van der Waals surface area contributed by atoms with Gasteiger partial charge in [-0.1, -0.05) is 58.4 Å². The first-order chi connectivity index (χ1) is 11.3. The summed E-state index contributed by atoms with van der Waals surface area (Å²) >= 11 is 0. The highest BCUT2D eigenvalue weighted by atomic mass is 16.4. The van der Waals surface area contributed by atoms with Gasteiger partial charge in [0.25, 0.3) is 0 Å². The molecule has 0 amide bonds. The average molecular weight is 326 g/mol. The van der Waals surface area contributed by atoms with Crippen LogP contribution in [-0.4, -0.2) is 11.1 Å². The maximum absolute atomic E-state index is 11.0. The van der Waals surface area contributed by atoms with Gasteiger partial charge in [-0.15, -0.1) is 0 Å². The van der Waals surface area contributed by atoms with Crippen molar-refractivity contribution in [3.8, 4) is 0 Å². The second kappa shape index (κ2) is 6.06. The van der Waals surface area contributed by atoms with Gasteiger partial charge >= 0.3 is 5.97 Å². The van der Waals surface area contributed by atoms with Crippen molar-refractivity contribution in [3.63, 3.8) is 0 Å². The SMILES string of the molecule is CC(C)c1ccc2c(c1)CCC1[C@](C)(/C=C/C(=O)O)CCC[C@]21C. The summed E-state index contributed by atoms with van der Waals surface area (Å²) in [5.74, 6) is 0.254. The molecule has 1 aromatic rings. The van der Waals surface area contributed by atoms with Crippen LogP contribution in [0.5, 0.6) is 0 Å². The maximum Gasteiger partial charge on any atom is 0.327 e. The number of benzene rings is 1. The minimum atomic E-state index is -0.832. The van der Waals surface area contributed by atoms with E-state index in [-0.39, 0.29) is 10.8 Å². The van der Waals surface area contributed by atoms with Crippen molar-refractivity contribution in [2.75, 3.05) is 0 Å². The molecule has 0 aromatic heterocycles. The monoisotopic (exact) mass is 326 g/mol. The van der Waals surface area contributed by atoms with Gasteiger partial charge in [-0.25, -0.2) is 4.79 Å². The Labute approximate surface area is 146 Å². The van der Waals surface area contributed by atoms with E-state index >= 15 is 0 Å². The number of carbonyl (C=O) groups is 1. The van der Waals surface area contributed by atoms with Gasteiger partial charge in [-0.05, 0) is 65.0 Å². The number of aliphatic carboxylic acids is 1. The van der Waals surface area contributed by atoms with Crippen LogP contribution in [0, 0.1) is 11.3 Å². The molecule has 2 nitrogen and oxygen atoms in total. The predicted octanol–water partition coefficient (Wildman–Crippen LogP) is 5.46. The number of rotatable bonds is 3. The Morgan fingerprint density at radius 1 is 1.29 bits per heavy atom. The molecule has 0 spiro atoms. The summed E-state index contributed by atoms with van der Waals surface area (Å²) in [6.45, 7) is 9.19. The van der Waals surface area contributed by atoms with Crippen molar-refractivity contribution in [1.82, 2.24) is 0 Å². The van der Waals surface area contributed by atoms with Crippen molar-refractivity contribution >= 4 is 5.97 Å². The minimum Gasteiger partial charge on any atom is -0.478 e. The number of hydrogen-bond acceptors (Lipinski definition) is 1. The molecular weight excluding hydrogens is 296 g/mol. The summed E-state index contributed by atoms with van der Waals surface area (Å²) in [5.41, 5.74) is 4.61. The fraction of sp³-hybridized carbons (Fsp3) is 0.591. The first-order valence-electron chi connectivity index (χ1n) is 9.32. The highest BCUT2D eigenvalue weighted by Gasteiger charge is 2.50. The van der Waals surface area contributed by atoms with Crippen molar-refractivity contribution in [2.24, 2.45) is 11.3 Å². The van der Waals surface area contributed by atoms with Crippen molar-refractivity contribution in [2.45, 2.75) is 71.1 Å². The van der Waals surface area contributed by atoms with E-state index in [9.17, 15) is 4.79 Å². The van der Waals surface area contributed by atoms with Crippen LogP contribution in [0.3, 0.4) is 0 Å². The zero-order valence-electron chi connectivity index (χ0n) is 15.4. The fourth-order valence-corrected chi connectivity index (χ4v) is 5.38. The molecule has 130 valence electrons. The molecular formula is C22H30O2. The third-order valence-electron chi connectivity index (χ3n) is 6.70. The van der Waals surface area contributed by atoms with Crippen LogP contribution in [0.25, 0.3) is 0 Å². The predicted molar refractivity (Wildman–Crippen MR) is 98.4 cm³/mol. The zero-order valence-corrected chi connectivity index (χ0v) is 15.4. The third-order valence-corrected chi connectivity index (χ3v) is 6.70. The first kappa shape index (κ1) is 17.3. The Hall–Kier alpha value is -1.57. The van der Waals surface area contributed by atoms with E-state index in [4.69, 9.17) is 5.11 Å². The van der Waals surface area contributed by atoms with Gasteiger partial charge in [0.15, 0.2) is 0 Å². The topological polar surface area (TPSA) is 37.3 Å². The lowest BCUT2D eigenvalue weighted by Crippen LogP contribution is -2.48. The van der Waals surface area contributed by atoms with Crippen LogP contribution >= 0.6 is 0 Å². The van der Waals surface area contributed by atoms with Crippen molar-refractivity contribution in [3.05, 3.63) is 47.0 Å². The number of fused-ring (bicyclic) bond motifs is 3. The molecule has 0 aliphatic heterocycles. The van der Waals surface area contributed by atoms with Gasteiger partial charge in [0.2, 0.25) is 0 Å². The van der Waals surface area contributed by atoms with Gasteiger partial charge in [-0.3, -0.25) is 0 Å². The number of aryl methyl sites for hydroxylation is 1. The molecule has 3 rings (SSSR count). The van der Waals surface area contributed by atoms with Crippen LogP contribution in [0.15, 0.2) is 30.4 Å². The Kier molecular flexibility index (Phi) is 4.36. The molecule has 1 saturated carbocycles. The standard InChI is InChI=1S/C22H30O2/c1-15(2)16-6-8-18-17(14-16)7-9-19-21(3,13-10-20(23)24)11-5-12-22(18,19)4/h6,8,10,13-15,19H,5,7,9,11-12H2,1-4H3,(H,23,24)/b13-10+/t19?,21-,22+/m0/s1. The molecule has 3 atom stereocenters.